The van der Waals surface area contributed by atoms with Crippen LogP contribution < -0.4 is 11.5 Å². The molecule has 1 rings (SSSR count). The van der Waals surface area contributed by atoms with Crippen molar-refractivity contribution in [2.24, 2.45) is 0 Å². The maximum Gasteiger partial charge on any atom is 0.394 e. The van der Waals surface area contributed by atoms with E-state index in [1.54, 1.807) is 6.07 Å². The van der Waals surface area contributed by atoms with Gasteiger partial charge in [0.25, 0.3) is 0 Å². The third-order valence-corrected chi connectivity index (χ3v) is 0.696. The fraction of sp³-hybridized carbons (Fsp3) is 0. The number of nitrogens with two attached hydrogens (primary N) is 2. The summed E-state index contributed by atoms with van der Waals surface area (Å²) in [5, 5.41) is 0. The van der Waals surface area contributed by atoms with Crippen LogP contribution in [0.3, 0.4) is 0 Å². The summed E-state index contributed by atoms with van der Waals surface area (Å²) in [6.45, 7) is 0. The lowest BCUT2D eigenvalue weighted by molar-refractivity contribution is 0.381. The van der Waals surface area contributed by atoms with Crippen LogP contribution in [0.4, 0.5) is 11.8 Å². The van der Waals surface area contributed by atoms with E-state index in [2.05, 4.69) is 9.97 Å². The molecule has 0 saturated heterocycles. The highest BCUT2D eigenvalue weighted by Gasteiger charge is 1.85. The second kappa shape index (κ2) is 4.54. The molecule has 74 valence electrons. The zero-order valence-electron chi connectivity index (χ0n) is 6.32. The maximum absolute atomic E-state index is 8.74. The standard InChI is InChI=1S/C4H6N4.H2O4S/c5-3-1-2-7-4(6)8-3;1-5(2,3)4/h1-2H,(H4,5,6,7,8);(H2,1,2,3,4). The summed E-state index contributed by atoms with van der Waals surface area (Å²) in [5.74, 6) is 0.613. The monoisotopic (exact) mass is 208 g/mol. The van der Waals surface area contributed by atoms with Crippen molar-refractivity contribution in [3.05, 3.63) is 12.3 Å². The Hall–Kier alpha value is -1.45. The average Bonchev–Trinajstić information content (AvgIpc) is 1.81. The van der Waals surface area contributed by atoms with Crippen LogP contribution in [0.2, 0.25) is 0 Å². The molecule has 0 atom stereocenters. The van der Waals surface area contributed by atoms with E-state index in [1.165, 1.54) is 6.20 Å². The van der Waals surface area contributed by atoms with Crippen molar-refractivity contribution in [3.63, 3.8) is 0 Å². The van der Waals surface area contributed by atoms with E-state index in [4.69, 9.17) is 29.0 Å². The highest BCUT2D eigenvalue weighted by molar-refractivity contribution is 7.79. The summed E-state index contributed by atoms with van der Waals surface area (Å²) in [6.07, 6.45) is 1.51. The van der Waals surface area contributed by atoms with Crippen LogP contribution >= 0.6 is 0 Å². The van der Waals surface area contributed by atoms with Crippen LogP contribution in [0.1, 0.15) is 0 Å². The van der Waals surface area contributed by atoms with Gasteiger partial charge in [0.1, 0.15) is 5.82 Å². The molecule has 9 heteroatoms. The van der Waals surface area contributed by atoms with Gasteiger partial charge in [-0.25, -0.2) is 4.98 Å². The Kier molecular flexibility index (Phi) is 4.04. The van der Waals surface area contributed by atoms with Gasteiger partial charge >= 0.3 is 10.4 Å². The predicted molar refractivity (Wildman–Crippen MR) is 45.0 cm³/mol. The number of rotatable bonds is 0. The Morgan fingerprint density at radius 3 is 2.00 bits per heavy atom. The quantitative estimate of drug-likeness (QED) is 0.395. The molecule has 0 amide bonds. The molecule has 6 N–H and O–H groups in total. The van der Waals surface area contributed by atoms with Crippen molar-refractivity contribution in [3.8, 4) is 0 Å². The number of nitrogens with zero attached hydrogens (tertiary/aromatic N) is 2. The van der Waals surface area contributed by atoms with Crippen molar-refractivity contribution >= 4 is 22.2 Å². The molecule has 0 unspecified atom stereocenters. The van der Waals surface area contributed by atoms with E-state index in [9.17, 15) is 0 Å². The molecule has 0 radical (unpaired) electrons. The summed E-state index contributed by atoms with van der Waals surface area (Å²) >= 11 is 0. The van der Waals surface area contributed by atoms with Gasteiger partial charge in [0.2, 0.25) is 5.95 Å². The van der Waals surface area contributed by atoms with Gasteiger partial charge in [0.05, 0.1) is 0 Å². The topological polar surface area (TPSA) is 152 Å². The lowest BCUT2D eigenvalue weighted by atomic mass is 10.6. The van der Waals surface area contributed by atoms with Crippen LogP contribution in [0.5, 0.6) is 0 Å². The Bertz CT molecular complexity index is 339. The minimum Gasteiger partial charge on any atom is -0.384 e. The fourth-order valence-electron chi connectivity index (χ4n) is 0.388. The highest BCUT2D eigenvalue weighted by Crippen LogP contribution is 1.94. The Morgan fingerprint density at radius 2 is 1.77 bits per heavy atom. The molecule has 1 aromatic rings. The fourth-order valence-corrected chi connectivity index (χ4v) is 0.388. The van der Waals surface area contributed by atoms with Crippen molar-refractivity contribution in [2.45, 2.75) is 0 Å². The zero-order chi connectivity index (χ0) is 10.5. The lowest BCUT2D eigenvalue weighted by Crippen LogP contribution is -1.96. The first-order valence-electron chi connectivity index (χ1n) is 2.83. The molecule has 8 nitrogen and oxygen atoms in total. The Balaban J connectivity index is 0.000000252. The molecular weight excluding hydrogens is 200 g/mol. The lowest BCUT2D eigenvalue weighted by Gasteiger charge is -1.89. The van der Waals surface area contributed by atoms with E-state index in [0.717, 1.165) is 0 Å². The normalized spacial score (nSPS) is 10.0. The van der Waals surface area contributed by atoms with Crippen molar-refractivity contribution < 1.29 is 17.5 Å². The minimum absolute atomic E-state index is 0.213. The summed E-state index contributed by atoms with van der Waals surface area (Å²) in [4.78, 5) is 7.24. The molecule has 1 aromatic heterocycles. The van der Waals surface area contributed by atoms with E-state index in [1.807, 2.05) is 0 Å². The van der Waals surface area contributed by atoms with Crippen LogP contribution in [-0.2, 0) is 10.4 Å². The number of anilines is 2. The predicted octanol–water partition coefficient (Wildman–Crippen LogP) is -1.01. The molecule has 0 spiro atoms. The number of hydrogen-bond acceptors (Lipinski definition) is 6. The van der Waals surface area contributed by atoms with Crippen molar-refractivity contribution in [2.75, 3.05) is 11.5 Å². The van der Waals surface area contributed by atoms with Crippen molar-refractivity contribution in [1.29, 1.82) is 0 Å². The van der Waals surface area contributed by atoms with Gasteiger partial charge in [-0.3, -0.25) is 9.11 Å². The Morgan fingerprint density at radius 1 is 1.31 bits per heavy atom. The van der Waals surface area contributed by atoms with Crippen LogP contribution in [0, 0.1) is 0 Å². The summed E-state index contributed by atoms with van der Waals surface area (Å²) in [5.41, 5.74) is 10.4. The van der Waals surface area contributed by atoms with Gasteiger partial charge in [-0.15, -0.1) is 0 Å². The molecule has 0 aromatic carbocycles. The van der Waals surface area contributed by atoms with Crippen molar-refractivity contribution in [1.82, 2.24) is 9.97 Å². The third kappa shape index (κ3) is 10.6. The summed E-state index contributed by atoms with van der Waals surface area (Å²) in [7, 11) is -4.67. The second-order valence-corrected chi connectivity index (χ2v) is 2.68. The van der Waals surface area contributed by atoms with Gasteiger partial charge in [-0.05, 0) is 6.07 Å². The van der Waals surface area contributed by atoms with Gasteiger partial charge in [-0.2, -0.15) is 13.4 Å². The summed E-state index contributed by atoms with van der Waals surface area (Å²) in [6, 6.07) is 1.58. The molecule has 13 heavy (non-hydrogen) atoms. The Labute approximate surface area is 74.2 Å². The zero-order valence-corrected chi connectivity index (χ0v) is 7.14. The average molecular weight is 208 g/mol. The van der Waals surface area contributed by atoms with Crippen LogP contribution in [0.25, 0.3) is 0 Å². The van der Waals surface area contributed by atoms with E-state index < -0.39 is 10.4 Å². The highest BCUT2D eigenvalue weighted by atomic mass is 32.3. The largest absolute Gasteiger partial charge is 0.394 e. The molecule has 0 aliphatic heterocycles. The van der Waals surface area contributed by atoms with E-state index in [-0.39, 0.29) is 5.95 Å². The summed E-state index contributed by atoms with van der Waals surface area (Å²) < 4.78 is 31.6. The molecule has 1 heterocycles. The smallest absolute Gasteiger partial charge is 0.384 e. The van der Waals surface area contributed by atoms with Gasteiger partial charge in [0, 0.05) is 6.20 Å². The van der Waals surface area contributed by atoms with Gasteiger partial charge < -0.3 is 11.5 Å². The molecule has 0 aliphatic carbocycles. The molecule has 0 bridgehead atoms. The second-order valence-electron chi connectivity index (χ2n) is 1.79. The third-order valence-electron chi connectivity index (χ3n) is 0.696. The first-order chi connectivity index (χ1) is 5.79. The maximum atomic E-state index is 8.74. The first kappa shape index (κ1) is 11.6. The number of aromatic nitrogens is 2. The SMILES string of the molecule is Nc1ccnc(N)n1.O=S(=O)(O)O. The molecule has 0 aliphatic rings. The van der Waals surface area contributed by atoms with E-state index >= 15 is 0 Å². The van der Waals surface area contributed by atoms with Crippen LogP contribution in [0.15, 0.2) is 12.3 Å². The molecule has 0 saturated carbocycles. The van der Waals surface area contributed by atoms with Crippen LogP contribution in [-0.4, -0.2) is 27.5 Å². The van der Waals surface area contributed by atoms with E-state index in [0.29, 0.717) is 5.82 Å². The van der Waals surface area contributed by atoms with Gasteiger partial charge in [0.15, 0.2) is 0 Å². The number of nitrogen functional groups attached to an aromatic ring is 2. The number of hydrogen-bond donors (Lipinski definition) is 4. The molecular formula is C4H8N4O4S. The molecule has 0 fully saturated rings. The minimum atomic E-state index is -4.67. The first-order valence-corrected chi connectivity index (χ1v) is 4.22. The van der Waals surface area contributed by atoms with Gasteiger partial charge in [-0.1, -0.05) is 0 Å².